The van der Waals surface area contributed by atoms with E-state index in [0.29, 0.717) is 16.3 Å². The molecule has 98 valence electrons. The molecule has 18 heavy (non-hydrogen) atoms. The molecular weight excluding hydrogens is 254 g/mol. The summed E-state index contributed by atoms with van der Waals surface area (Å²) in [6.45, 7) is 1.55. The van der Waals surface area contributed by atoms with E-state index in [1.54, 1.807) is 25.3 Å². The number of ether oxygens (including phenoxy) is 1. The summed E-state index contributed by atoms with van der Waals surface area (Å²) in [5.74, 6) is -0.478. The third kappa shape index (κ3) is 2.75. The zero-order valence-corrected chi connectivity index (χ0v) is 10.8. The van der Waals surface area contributed by atoms with Gasteiger partial charge in [0.25, 0.3) is 5.91 Å². The van der Waals surface area contributed by atoms with Crippen molar-refractivity contribution in [3.05, 3.63) is 28.8 Å². The molecule has 1 aliphatic rings. The molecule has 2 atom stereocenters. The van der Waals surface area contributed by atoms with Gasteiger partial charge in [-0.1, -0.05) is 11.6 Å². The van der Waals surface area contributed by atoms with E-state index >= 15 is 0 Å². The van der Waals surface area contributed by atoms with Gasteiger partial charge in [-0.3, -0.25) is 4.79 Å². The predicted molar refractivity (Wildman–Crippen MR) is 71.0 cm³/mol. The fraction of sp³-hybridized carbons (Fsp3) is 0.417. The Morgan fingerprint density at radius 1 is 1.56 bits per heavy atom. The molecule has 1 heterocycles. The van der Waals surface area contributed by atoms with E-state index in [9.17, 15) is 4.79 Å². The van der Waals surface area contributed by atoms with E-state index in [0.717, 1.165) is 13.1 Å². The number of hydrogen-bond acceptors (Lipinski definition) is 4. The second-order valence-electron chi connectivity index (χ2n) is 4.24. The van der Waals surface area contributed by atoms with Gasteiger partial charge in [0.1, 0.15) is 0 Å². The van der Waals surface area contributed by atoms with Crippen LogP contribution in [0.5, 0.6) is 0 Å². The molecule has 1 aliphatic heterocycles. The fourth-order valence-corrected chi connectivity index (χ4v) is 2.27. The van der Waals surface area contributed by atoms with Crippen LogP contribution in [0.3, 0.4) is 0 Å². The average Bonchev–Trinajstić information content (AvgIpc) is 2.76. The van der Waals surface area contributed by atoms with Gasteiger partial charge in [0.2, 0.25) is 0 Å². The molecule has 5 nitrogen and oxygen atoms in total. The quantitative estimate of drug-likeness (QED) is 0.757. The van der Waals surface area contributed by atoms with Crippen LogP contribution < -0.4 is 16.4 Å². The van der Waals surface area contributed by atoms with Gasteiger partial charge >= 0.3 is 0 Å². The maximum absolute atomic E-state index is 11.4. The number of rotatable bonds is 4. The van der Waals surface area contributed by atoms with Gasteiger partial charge in [0.15, 0.2) is 0 Å². The number of amides is 1. The van der Waals surface area contributed by atoms with E-state index in [4.69, 9.17) is 22.1 Å². The molecule has 1 amide bonds. The molecular formula is C12H16ClN3O2. The van der Waals surface area contributed by atoms with E-state index in [1.165, 1.54) is 0 Å². The molecule has 0 saturated carbocycles. The minimum absolute atomic E-state index is 0.0599. The van der Waals surface area contributed by atoms with Crippen molar-refractivity contribution < 1.29 is 9.53 Å². The molecule has 1 saturated heterocycles. The van der Waals surface area contributed by atoms with Crippen molar-refractivity contribution in [1.82, 2.24) is 5.32 Å². The molecule has 0 aromatic heterocycles. The Labute approximate surface area is 111 Å². The maximum atomic E-state index is 11.4. The van der Waals surface area contributed by atoms with Crippen molar-refractivity contribution in [2.75, 3.05) is 25.5 Å². The third-order valence-electron chi connectivity index (χ3n) is 3.05. The van der Waals surface area contributed by atoms with Crippen molar-refractivity contribution in [2.24, 2.45) is 5.73 Å². The first-order valence-electron chi connectivity index (χ1n) is 5.71. The van der Waals surface area contributed by atoms with E-state index in [2.05, 4.69) is 10.6 Å². The molecule has 6 heteroatoms. The first-order chi connectivity index (χ1) is 8.61. The topological polar surface area (TPSA) is 76.4 Å². The smallest absolute Gasteiger partial charge is 0.250 e. The number of carbonyl (C=O) groups excluding carboxylic acids is 1. The number of nitrogens with one attached hydrogen (secondary N) is 2. The summed E-state index contributed by atoms with van der Waals surface area (Å²) in [6, 6.07) is 5.06. The fourth-order valence-electron chi connectivity index (χ4n) is 2.10. The van der Waals surface area contributed by atoms with Crippen LogP contribution in [0.15, 0.2) is 18.2 Å². The van der Waals surface area contributed by atoms with Crippen molar-refractivity contribution in [3.63, 3.8) is 0 Å². The standard InChI is InChI=1S/C12H16ClN3O2/c1-18-11-6-15-5-10(11)16-9-4-7(13)2-3-8(9)12(14)17/h2-4,10-11,15-16H,5-6H2,1H3,(H2,14,17)/t10?,11-/m0/s1. The van der Waals surface area contributed by atoms with Gasteiger partial charge in [-0.25, -0.2) is 0 Å². The van der Waals surface area contributed by atoms with E-state index in [1.807, 2.05) is 0 Å². The molecule has 0 aliphatic carbocycles. The Bertz CT molecular complexity index is 453. The highest BCUT2D eigenvalue weighted by atomic mass is 35.5. The zero-order valence-electron chi connectivity index (χ0n) is 10.1. The minimum atomic E-state index is -0.478. The van der Waals surface area contributed by atoms with E-state index < -0.39 is 5.91 Å². The Hall–Kier alpha value is -1.30. The highest BCUT2D eigenvalue weighted by molar-refractivity contribution is 6.31. The Morgan fingerprint density at radius 3 is 3.00 bits per heavy atom. The predicted octanol–water partition coefficient (Wildman–Crippen LogP) is 0.838. The molecule has 1 unspecified atom stereocenters. The summed E-state index contributed by atoms with van der Waals surface area (Å²) in [5, 5.41) is 7.04. The number of benzene rings is 1. The maximum Gasteiger partial charge on any atom is 0.250 e. The summed E-state index contributed by atoms with van der Waals surface area (Å²) in [5.41, 5.74) is 6.41. The number of nitrogens with two attached hydrogens (primary N) is 1. The van der Waals surface area contributed by atoms with Crippen LogP contribution in [0.1, 0.15) is 10.4 Å². The molecule has 1 aromatic rings. The summed E-state index contributed by atoms with van der Waals surface area (Å²) >= 11 is 5.94. The average molecular weight is 270 g/mol. The lowest BCUT2D eigenvalue weighted by atomic mass is 10.1. The largest absolute Gasteiger partial charge is 0.378 e. The number of primary amides is 1. The van der Waals surface area contributed by atoms with E-state index in [-0.39, 0.29) is 12.1 Å². The number of carbonyl (C=O) groups is 1. The number of anilines is 1. The summed E-state index contributed by atoms with van der Waals surface area (Å²) in [7, 11) is 1.67. The summed E-state index contributed by atoms with van der Waals surface area (Å²) < 4.78 is 5.35. The molecule has 1 aromatic carbocycles. The van der Waals surface area contributed by atoms with Crippen LogP contribution in [-0.4, -0.2) is 38.3 Å². The monoisotopic (exact) mass is 269 g/mol. The van der Waals surface area contributed by atoms with Crippen LogP contribution in [0, 0.1) is 0 Å². The Kier molecular flexibility index (Phi) is 4.06. The Balaban J connectivity index is 2.22. The highest BCUT2D eigenvalue weighted by Gasteiger charge is 2.27. The molecule has 4 N–H and O–H groups in total. The number of hydrogen-bond donors (Lipinski definition) is 3. The second-order valence-corrected chi connectivity index (χ2v) is 4.67. The second kappa shape index (κ2) is 5.56. The SMILES string of the molecule is CO[C@H]1CNCC1Nc1cc(Cl)ccc1C(N)=O. The lowest BCUT2D eigenvalue weighted by Gasteiger charge is -2.21. The first-order valence-corrected chi connectivity index (χ1v) is 6.09. The third-order valence-corrected chi connectivity index (χ3v) is 3.28. The molecule has 0 bridgehead atoms. The van der Waals surface area contributed by atoms with Gasteiger partial charge in [0.05, 0.1) is 17.7 Å². The van der Waals surface area contributed by atoms with Crippen molar-refractivity contribution in [1.29, 1.82) is 0 Å². The summed E-state index contributed by atoms with van der Waals surface area (Å²) in [6.07, 6.45) is 0.0599. The van der Waals surface area contributed by atoms with Gasteiger partial charge in [0, 0.05) is 30.9 Å². The molecule has 0 spiro atoms. The normalized spacial score (nSPS) is 23.0. The van der Waals surface area contributed by atoms with Gasteiger partial charge in [-0.15, -0.1) is 0 Å². The van der Waals surface area contributed by atoms with Gasteiger partial charge in [-0.05, 0) is 18.2 Å². The van der Waals surface area contributed by atoms with Crippen LogP contribution in [0.25, 0.3) is 0 Å². The lowest BCUT2D eigenvalue weighted by molar-refractivity contribution is 0.0999. The van der Waals surface area contributed by atoms with Crippen molar-refractivity contribution >= 4 is 23.2 Å². The molecule has 2 rings (SSSR count). The van der Waals surface area contributed by atoms with Crippen molar-refractivity contribution in [3.8, 4) is 0 Å². The zero-order chi connectivity index (χ0) is 13.1. The number of methoxy groups -OCH3 is 1. The van der Waals surface area contributed by atoms with Crippen molar-refractivity contribution in [2.45, 2.75) is 12.1 Å². The Morgan fingerprint density at radius 2 is 2.33 bits per heavy atom. The molecule has 0 radical (unpaired) electrons. The minimum Gasteiger partial charge on any atom is -0.378 e. The summed E-state index contributed by atoms with van der Waals surface area (Å²) in [4.78, 5) is 11.4. The highest BCUT2D eigenvalue weighted by Crippen LogP contribution is 2.23. The van der Waals surface area contributed by atoms with Gasteiger partial charge < -0.3 is 21.1 Å². The van der Waals surface area contributed by atoms with Crippen LogP contribution in [0.4, 0.5) is 5.69 Å². The number of halogens is 1. The lowest BCUT2D eigenvalue weighted by Crippen LogP contribution is -2.34. The first kappa shape index (κ1) is 13.1. The van der Waals surface area contributed by atoms with Crippen LogP contribution in [-0.2, 0) is 4.74 Å². The van der Waals surface area contributed by atoms with Crippen LogP contribution >= 0.6 is 11.6 Å². The molecule has 1 fully saturated rings. The van der Waals surface area contributed by atoms with Crippen LogP contribution in [0.2, 0.25) is 5.02 Å². The van der Waals surface area contributed by atoms with Gasteiger partial charge in [-0.2, -0.15) is 0 Å².